The Bertz CT molecular complexity index is 479. The van der Waals surface area contributed by atoms with Gasteiger partial charge in [0.2, 0.25) is 0 Å². The van der Waals surface area contributed by atoms with Gasteiger partial charge in [0.15, 0.2) is 0 Å². The van der Waals surface area contributed by atoms with Gasteiger partial charge in [0.1, 0.15) is 12.4 Å². The molecule has 1 aliphatic heterocycles. The SMILES string of the molecule is COCCCOCCC1CC1c1cncc(OCC2CCN2)c1. The Morgan fingerprint density at radius 2 is 2.17 bits per heavy atom. The molecule has 128 valence electrons. The summed E-state index contributed by atoms with van der Waals surface area (Å²) in [6.07, 6.45) is 8.37. The van der Waals surface area contributed by atoms with Crippen LogP contribution < -0.4 is 10.1 Å². The van der Waals surface area contributed by atoms with Crippen LogP contribution in [0.4, 0.5) is 0 Å². The van der Waals surface area contributed by atoms with Gasteiger partial charge in [0.05, 0.1) is 6.20 Å². The molecule has 1 N–H and O–H groups in total. The fourth-order valence-corrected chi connectivity index (χ4v) is 3.02. The van der Waals surface area contributed by atoms with Crippen molar-refractivity contribution in [1.29, 1.82) is 0 Å². The largest absolute Gasteiger partial charge is 0.490 e. The molecule has 0 aromatic carbocycles. The standard InChI is InChI=1S/C18H28N2O3/c1-21-6-2-7-22-8-4-14-10-18(14)15-9-17(12-19-11-15)23-13-16-3-5-20-16/h9,11-12,14,16,18,20H,2-8,10,13H2,1H3. The summed E-state index contributed by atoms with van der Waals surface area (Å²) < 4.78 is 16.5. The second-order valence-electron chi connectivity index (χ2n) is 6.55. The summed E-state index contributed by atoms with van der Waals surface area (Å²) in [4.78, 5) is 4.34. The van der Waals surface area contributed by atoms with Crippen molar-refractivity contribution in [3.63, 3.8) is 0 Å². The van der Waals surface area contributed by atoms with E-state index >= 15 is 0 Å². The molecular formula is C18H28N2O3. The van der Waals surface area contributed by atoms with Gasteiger partial charge in [-0.2, -0.15) is 0 Å². The van der Waals surface area contributed by atoms with Gasteiger partial charge < -0.3 is 19.5 Å². The predicted molar refractivity (Wildman–Crippen MR) is 88.9 cm³/mol. The van der Waals surface area contributed by atoms with Crippen LogP contribution in [0.25, 0.3) is 0 Å². The average Bonchev–Trinajstić information content (AvgIpc) is 3.29. The Hall–Kier alpha value is -1.17. The number of hydrogen-bond acceptors (Lipinski definition) is 5. The molecule has 3 rings (SSSR count). The van der Waals surface area contributed by atoms with Gasteiger partial charge in [-0.1, -0.05) is 0 Å². The van der Waals surface area contributed by atoms with Gasteiger partial charge >= 0.3 is 0 Å². The first kappa shape index (κ1) is 16.7. The molecular weight excluding hydrogens is 292 g/mol. The van der Waals surface area contributed by atoms with E-state index in [1.54, 1.807) is 7.11 Å². The Labute approximate surface area is 138 Å². The summed E-state index contributed by atoms with van der Waals surface area (Å²) in [6.45, 7) is 4.28. The first-order valence-corrected chi connectivity index (χ1v) is 8.74. The maximum atomic E-state index is 5.84. The van der Waals surface area contributed by atoms with Crippen molar-refractivity contribution >= 4 is 0 Å². The van der Waals surface area contributed by atoms with E-state index in [9.17, 15) is 0 Å². The van der Waals surface area contributed by atoms with E-state index in [4.69, 9.17) is 14.2 Å². The Morgan fingerprint density at radius 3 is 2.96 bits per heavy atom. The highest BCUT2D eigenvalue weighted by molar-refractivity contribution is 5.30. The zero-order valence-corrected chi connectivity index (χ0v) is 14.0. The monoisotopic (exact) mass is 320 g/mol. The molecule has 2 fully saturated rings. The van der Waals surface area contributed by atoms with Crippen LogP contribution in [-0.4, -0.2) is 51.1 Å². The minimum Gasteiger partial charge on any atom is -0.490 e. The van der Waals surface area contributed by atoms with Crippen LogP contribution in [0.3, 0.4) is 0 Å². The van der Waals surface area contributed by atoms with Crippen LogP contribution >= 0.6 is 0 Å². The average molecular weight is 320 g/mol. The molecule has 1 aromatic heterocycles. The minimum absolute atomic E-state index is 0.516. The number of nitrogens with one attached hydrogen (secondary N) is 1. The zero-order valence-electron chi connectivity index (χ0n) is 14.0. The first-order valence-electron chi connectivity index (χ1n) is 8.74. The molecule has 0 amide bonds. The van der Waals surface area contributed by atoms with Gasteiger partial charge in [-0.15, -0.1) is 0 Å². The second-order valence-corrected chi connectivity index (χ2v) is 6.55. The predicted octanol–water partition coefficient (Wildman–Crippen LogP) is 2.37. The van der Waals surface area contributed by atoms with Crippen LogP contribution in [-0.2, 0) is 9.47 Å². The lowest BCUT2D eigenvalue weighted by molar-refractivity contribution is 0.0987. The van der Waals surface area contributed by atoms with Crippen molar-refractivity contribution in [1.82, 2.24) is 10.3 Å². The molecule has 1 aromatic rings. The van der Waals surface area contributed by atoms with Crippen molar-refractivity contribution < 1.29 is 14.2 Å². The summed E-state index contributed by atoms with van der Waals surface area (Å²) in [5.74, 6) is 2.27. The molecule has 2 heterocycles. The highest BCUT2D eigenvalue weighted by Crippen LogP contribution is 2.49. The number of hydrogen-bond donors (Lipinski definition) is 1. The van der Waals surface area contributed by atoms with Gasteiger partial charge in [0.25, 0.3) is 0 Å². The van der Waals surface area contributed by atoms with E-state index in [0.717, 1.165) is 57.5 Å². The number of nitrogens with zero attached hydrogens (tertiary/aromatic N) is 1. The number of pyridine rings is 1. The molecule has 0 bridgehead atoms. The van der Waals surface area contributed by atoms with Crippen molar-refractivity contribution in [3.8, 4) is 5.75 Å². The van der Waals surface area contributed by atoms with Crippen LogP contribution in [0, 0.1) is 5.92 Å². The fraction of sp³-hybridized carbons (Fsp3) is 0.722. The molecule has 1 saturated carbocycles. The van der Waals surface area contributed by atoms with Crippen LogP contribution in [0.2, 0.25) is 0 Å². The quantitative estimate of drug-likeness (QED) is 0.634. The number of aromatic nitrogens is 1. The molecule has 0 radical (unpaired) electrons. The summed E-state index contributed by atoms with van der Waals surface area (Å²) in [5, 5.41) is 3.35. The van der Waals surface area contributed by atoms with E-state index in [1.807, 2.05) is 12.4 Å². The smallest absolute Gasteiger partial charge is 0.137 e. The highest BCUT2D eigenvalue weighted by atomic mass is 16.5. The molecule has 1 saturated heterocycles. The topological polar surface area (TPSA) is 52.6 Å². The van der Waals surface area contributed by atoms with Gasteiger partial charge in [-0.25, -0.2) is 0 Å². The normalized spacial score (nSPS) is 25.9. The van der Waals surface area contributed by atoms with Crippen molar-refractivity contribution in [2.75, 3.05) is 40.1 Å². The van der Waals surface area contributed by atoms with Crippen LogP contribution in [0.15, 0.2) is 18.5 Å². The lowest BCUT2D eigenvalue weighted by Crippen LogP contribution is -2.46. The van der Waals surface area contributed by atoms with E-state index in [2.05, 4.69) is 16.4 Å². The number of rotatable bonds is 11. The van der Waals surface area contributed by atoms with Gasteiger partial charge in [0, 0.05) is 39.2 Å². The van der Waals surface area contributed by atoms with E-state index in [0.29, 0.717) is 12.0 Å². The van der Waals surface area contributed by atoms with E-state index < -0.39 is 0 Å². The lowest BCUT2D eigenvalue weighted by atomic mass is 10.1. The van der Waals surface area contributed by atoms with Crippen LogP contribution in [0.5, 0.6) is 5.75 Å². The third kappa shape index (κ3) is 5.16. The Kier molecular flexibility index (Phi) is 6.25. The van der Waals surface area contributed by atoms with Crippen molar-refractivity contribution in [3.05, 3.63) is 24.0 Å². The molecule has 5 heteroatoms. The third-order valence-electron chi connectivity index (χ3n) is 4.73. The lowest BCUT2D eigenvalue weighted by Gasteiger charge is -2.27. The van der Waals surface area contributed by atoms with E-state index in [1.165, 1.54) is 18.4 Å². The summed E-state index contributed by atoms with van der Waals surface area (Å²) in [6, 6.07) is 2.68. The molecule has 3 unspecified atom stereocenters. The van der Waals surface area contributed by atoms with Crippen LogP contribution in [0.1, 0.15) is 37.2 Å². The Morgan fingerprint density at radius 1 is 1.26 bits per heavy atom. The van der Waals surface area contributed by atoms with Gasteiger partial charge in [-0.3, -0.25) is 4.98 Å². The molecule has 23 heavy (non-hydrogen) atoms. The molecule has 3 atom stereocenters. The summed E-state index contributed by atoms with van der Waals surface area (Å²) in [5.41, 5.74) is 1.31. The molecule has 5 nitrogen and oxygen atoms in total. The maximum Gasteiger partial charge on any atom is 0.137 e. The summed E-state index contributed by atoms with van der Waals surface area (Å²) in [7, 11) is 1.73. The van der Waals surface area contributed by atoms with Crippen molar-refractivity contribution in [2.24, 2.45) is 5.92 Å². The molecule has 2 aliphatic rings. The van der Waals surface area contributed by atoms with E-state index in [-0.39, 0.29) is 0 Å². The first-order chi connectivity index (χ1) is 11.4. The number of ether oxygens (including phenoxy) is 3. The van der Waals surface area contributed by atoms with Gasteiger partial charge in [-0.05, 0) is 55.7 Å². The second kappa shape index (κ2) is 8.62. The third-order valence-corrected chi connectivity index (χ3v) is 4.73. The van der Waals surface area contributed by atoms with Crippen molar-refractivity contribution in [2.45, 2.75) is 37.6 Å². The highest BCUT2D eigenvalue weighted by Gasteiger charge is 2.38. The minimum atomic E-state index is 0.516. The maximum absolute atomic E-state index is 5.84. The molecule has 1 aliphatic carbocycles. The Balaban J connectivity index is 1.35. The fourth-order valence-electron chi connectivity index (χ4n) is 3.02. The molecule has 0 spiro atoms. The summed E-state index contributed by atoms with van der Waals surface area (Å²) >= 11 is 0. The number of methoxy groups -OCH3 is 1. The zero-order chi connectivity index (χ0) is 15.9.